The van der Waals surface area contributed by atoms with Crippen molar-refractivity contribution < 1.29 is 27.6 Å². The van der Waals surface area contributed by atoms with Crippen LogP contribution in [-0.4, -0.2) is 36.1 Å². The normalized spacial score (nSPS) is 14.4. The molecule has 0 fully saturated rings. The summed E-state index contributed by atoms with van der Waals surface area (Å²) in [5.41, 5.74) is 8.66. The number of rotatable bonds is 11. The van der Waals surface area contributed by atoms with Crippen LogP contribution in [0.2, 0.25) is 0 Å². The van der Waals surface area contributed by atoms with Crippen molar-refractivity contribution in [2.24, 2.45) is 5.73 Å². The van der Waals surface area contributed by atoms with Crippen molar-refractivity contribution in [3.63, 3.8) is 0 Å². The van der Waals surface area contributed by atoms with Crippen molar-refractivity contribution in [2.75, 3.05) is 7.05 Å². The third-order valence-electron chi connectivity index (χ3n) is 6.11. The maximum absolute atomic E-state index is 13.0. The van der Waals surface area contributed by atoms with E-state index in [1.807, 2.05) is 6.07 Å². The molecule has 7 nitrogen and oxygen atoms in total. The Labute approximate surface area is 207 Å². The lowest BCUT2D eigenvalue weighted by Crippen LogP contribution is -2.46. The highest BCUT2D eigenvalue weighted by Gasteiger charge is 2.36. The van der Waals surface area contributed by atoms with E-state index in [0.717, 1.165) is 29.5 Å². The molecule has 0 saturated heterocycles. The third-order valence-corrected chi connectivity index (χ3v) is 6.11. The predicted octanol–water partition coefficient (Wildman–Crippen LogP) is 3.28. The number of fused-ring (bicyclic) bond motifs is 1. The molecule has 2 amide bonds. The fraction of sp³-hybridized carbons (Fsp3) is 0.346. The fourth-order valence-electron chi connectivity index (χ4n) is 4.23. The number of nitrogens with one attached hydrogen (secondary N) is 2. The summed E-state index contributed by atoms with van der Waals surface area (Å²) in [4.78, 5) is 37.7. The van der Waals surface area contributed by atoms with E-state index in [4.69, 9.17) is 5.73 Å². The Morgan fingerprint density at radius 2 is 1.97 bits per heavy atom. The number of likely N-dealkylation sites (N-methyl/N-ethyl adjacent to an activating group) is 1. The van der Waals surface area contributed by atoms with Crippen molar-refractivity contribution in [1.82, 2.24) is 15.5 Å². The summed E-state index contributed by atoms with van der Waals surface area (Å²) in [6.07, 6.45) is -0.688. The molecule has 0 radical (unpaired) electrons. The molecule has 2 aromatic rings. The highest BCUT2D eigenvalue weighted by molar-refractivity contribution is 6.01. The number of aldehydes is 1. The largest absolute Gasteiger partial charge is 0.416 e. The summed E-state index contributed by atoms with van der Waals surface area (Å²) in [5, 5.41) is 5.51. The van der Waals surface area contributed by atoms with Crippen LogP contribution in [-0.2, 0) is 35.3 Å². The number of benzene rings is 2. The molecular formula is C26H29F3N4O3. The zero-order chi connectivity index (χ0) is 26.3. The first-order valence-corrected chi connectivity index (χ1v) is 11.6. The summed E-state index contributed by atoms with van der Waals surface area (Å²) in [5.74, 6) is -0.573. The second kappa shape index (κ2) is 11.7. The molecule has 1 unspecified atom stereocenters. The van der Waals surface area contributed by atoms with E-state index in [0.29, 0.717) is 29.7 Å². The average molecular weight is 503 g/mol. The lowest BCUT2D eigenvalue weighted by atomic mass is 9.99. The molecule has 0 spiro atoms. The Hall–Kier alpha value is -3.82. The Morgan fingerprint density at radius 3 is 2.67 bits per heavy atom. The van der Waals surface area contributed by atoms with Crippen LogP contribution >= 0.6 is 0 Å². The Kier molecular flexibility index (Phi) is 8.73. The first-order valence-electron chi connectivity index (χ1n) is 11.6. The molecule has 2 aromatic carbocycles. The quantitative estimate of drug-likeness (QED) is 0.409. The van der Waals surface area contributed by atoms with Crippen LogP contribution in [0.3, 0.4) is 0 Å². The van der Waals surface area contributed by atoms with Crippen LogP contribution < -0.4 is 16.4 Å². The van der Waals surface area contributed by atoms with E-state index in [-0.39, 0.29) is 37.7 Å². The maximum Gasteiger partial charge on any atom is 0.416 e. The van der Waals surface area contributed by atoms with Gasteiger partial charge in [-0.05, 0) is 54.2 Å². The van der Waals surface area contributed by atoms with Crippen molar-refractivity contribution in [3.8, 4) is 0 Å². The molecular weight excluding hydrogens is 473 g/mol. The van der Waals surface area contributed by atoms with Crippen LogP contribution in [0.25, 0.3) is 0 Å². The molecule has 4 N–H and O–H groups in total. The second-order valence-electron chi connectivity index (χ2n) is 8.55. The van der Waals surface area contributed by atoms with Gasteiger partial charge in [-0.1, -0.05) is 24.3 Å². The van der Waals surface area contributed by atoms with Crippen molar-refractivity contribution in [3.05, 3.63) is 82.2 Å². The highest BCUT2D eigenvalue weighted by atomic mass is 19.4. The fourth-order valence-corrected chi connectivity index (χ4v) is 4.23. The summed E-state index contributed by atoms with van der Waals surface area (Å²) in [6, 6.07) is 9.74. The molecule has 1 atom stereocenters. The van der Waals surface area contributed by atoms with Gasteiger partial charge in [0.15, 0.2) is 0 Å². The summed E-state index contributed by atoms with van der Waals surface area (Å²) < 4.78 is 38.6. The molecule has 36 heavy (non-hydrogen) atoms. The average Bonchev–Trinajstić information content (AvgIpc) is 3.19. The zero-order valence-electron chi connectivity index (χ0n) is 19.9. The van der Waals surface area contributed by atoms with Gasteiger partial charge < -0.3 is 26.1 Å². The molecule has 0 bridgehead atoms. The number of nitrogens with two attached hydrogens (primary N) is 1. The molecule has 0 saturated carbocycles. The minimum atomic E-state index is -4.40. The molecule has 1 aliphatic heterocycles. The van der Waals surface area contributed by atoms with Crippen LogP contribution in [0.5, 0.6) is 0 Å². The van der Waals surface area contributed by atoms with Gasteiger partial charge in [-0.15, -0.1) is 0 Å². The number of carbonyl (C=O) groups excluding carboxylic acids is 3. The Balaban J connectivity index is 1.63. The number of nitrogens with zero attached hydrogens (tertiary/aromatic N) is 1. The topological polar surface area (TPSA) is 105 Å². The SMILES string of the molecule is CNC(=O)C(CCC=O)N1Cc2c(CC/C(N)=C/NCc3cccc(C(F)(F)F)c3)cccc2C1=O. The molecule has 0 aromatic heterocycles. The van der Waals surface area contributed by atoms with Crippen LogP contribution in [0.15, 0.2) is 54.4 Å². The first-order chi connectivity index (χ1) is 17.2. The third kappa shape index (κ3) is 6.44. The van der Waals surface area contributed by atoms with Gasteiger partial charge in [-0.25, -0.2) is 0 Å². The van der Waals surface area contributed by atoms with Gasteiger partial charge in [0.2, 0.25) is 5.91 Å². The number of halogens is 3. The minimum absolute atomic E-state index is 0.167. The number of hydrogen-bond acceptors (Lipinski definition) is 5. The molecule has 192 valence electrons. The van der Waals surface area contributed by atoms with Gasteiger partial charge in [0.1, 0.15) is 12.3 Å². The van der Waals surface area contributed by atoms with Crippen LogP contribution in [0, 0.1) is 0 Å². The minimum Gasteiger partial charge on any atom is -0.401 e. The summed E-state index contributed by atoms with van der Waals surface area (Å²) >= 11 is 0. The first kappa shape index (κ1) is 26.8. The van der Waals surface area contributed by atoms with E-state index in [1.165, 1.54) is 18.0 Å². The number of allylic oxidation sites excluding steroid dienone is 1. The van der Waals surface area contributed by atoms with Crippen LogP contribution in [0.1, 0.15) is 51.9 Å². The molecule has 10 heteroatoms. The maximum atomic E-state index is 13.0. The number of carbonyl (C=O) groups is 3. The van der Waals surface area contributed by atoms with E-state index in [9.17, 15) is 27.6 Å². The van der Waals surface area contributed by atoms with Gasteiger partial charge in [0, 0.05) is 44.0 Å². The zero-order valence-corrected chi connectivity index (χ0v) is 19.9. The number of amides is 2. The lowest BCUT2D eigenvalue weighted by molar-refractivity contribution is -0.137. The van der Waals surface area contributed by atoms with Crippen molar-refractivity contribution in [2.45, 2.75) is 51.0 Å². The molecule has 0 aliphatic carbocycles. The number of hydrogen-bond donors (Lipinski definition) is 3. The highest BCUT2D eigenvalue weighted by Crippen LogP contribution is 2.30. The number of aryl methyl sites for hydroxylation is 1. The Bertz CT molecular complexity index is 1150. The smallest absolute Gasteiger partial charge is 0.401 e. The van der Waals surface area contributed by atoms with Crippen LogP contribution in [0.4, 0.5) is 13.2 Å². The molecule has 1 aliphatic rings. The van der Waals surface area contributed by atoms with Gasteiger partial charge in [0.05, 0.1) is 5.56 Å². The summed E-state index contributed by atoms with van der Waals surface area (Å²) in [6.45, 7) is 0.454. The van der Waals surface area contributed by atoms with E-state index < -0.39 is 17.8 Å². The van der Waals surface area contributed by atoms with Crippen molar-refractivity contribution in [1.29, 1.82) is 0 Å². The standard InChI is InChI=1S/C26H29F3N4O3/c1-31-24(35)23(9-4-12-34)33-16-22-18(6-3-8-21(22)25(33)36)10-11-20(30)15-32-14-17-5-2-7-19(13-17)26(27,28)29/h2-3,5-8,12-13,15,23,32H,4,9-11,14,16,30H2,1H3,(H,31,35)/b20-15-. The van der Waals surface area contributed by atoms with Gasteiger partial charge in [-0.2, -0.15) is 13.2 Å². The molecule has 3 rings (SSSR count). The number of alkyl halides is 3. The van der Waals surface area contributed by atoms with E-state index in [2.05, 4.69) is 10.6 Å². The van der Waals surface area contributed by atoms with Gasteiger partial charge in [0.25, 0.3) is 5.91 Å². The van der Waals surface area contributed by atoms with Crippen molar-refractivity contribution >= 4 is 18.1 Å². The van der Waals surface area contributed by atoms with Gasteiger partial charge in [-0.3, -0.25) is 9.59 Å². The predicted molar refractivity (Wildman–Crippen MR) is 128 cm³/mol. The van der Waals surface area contributed by atoms with E-state index >= 15 is 0 Å². The summed E-state index contributed by atoms with van der Waals surface area (Å²) in [7, 11) is 1.49. The second-order valence-corrected chi connectivity index (χ2v) is 8.55. The monoisotopic (exact) mass is 502 g/mol. The lowest BCUT2D eigenvalue weighted by Gasteiger charge is -2.25. The van der Waals surface area contributed by atoms with E-state index in [1.54, 1.807) is 24.4 Å². The Morgan fingerprint density at radius 1 is 1.22 bits per heavy atom. The molecule has 1 heterocycles. The van der Waals surface area contributed by atoms with Gasteiger partial charge >= 0.3 is 6.18 Å².